The average Bonchev–Trinajstić information content (AvgIpc) is 1.54. The topological polar surface area (TPSA) is 185 Å². The van der Waals surface area contributed by atoms with E-state index in [4.69, 9.17) is 42.6 Å². The van der Waals surface area contributed by atoms with Crippen LogP contribution in [0.1, 0.15) is 280 Å². The molecule has 0 aromatic carbocycles. The number of fused-ring (bicyclic) bond motifs is 13. The lowest BCUT2D eigenvalue weighted by Gasteiger charge is -2.53. The van der Waals surface area contributed by atoms with E-state index in [1.807, 2.05) is 48.5 Å². The van der Waals surface area contributed by atoms with Crippen molar-refractivity contribution in [2.75, 3.05) is 33.6 Å². The van der Waals surface area contributed by atoms with Gasteiger partial charge in [0.2, 0.25) is 0 Å². The third-order valence-electron chi connectivity index (χ3n) is 26.2. The van der Waals surface area contributed by atoms with E-state index in [1.54, 1.807) is 0 Å². The zero-order valence-electron chi connectivity index (χ0n) is 55.3. The average molecular weight is 1330 g/mol. The van der Waals surface area contributed by atoms with Gasteiger partial charge >= 0.3 is 35.8 Å². The molecule has 0 aromatic heterocycles. The third kappa shape index (κ3) is 18.4. The summed E-state index contributed by atoms with van der Waals surface area (Å²) in [7, 11) is 0. The molecule has 17 unspecified atom stereocenters. The predicted molar refractivity (Wildman–Crippen MR) is 369 cm³/mol. The third-order valence-corrected chi connectivity index (χ3v) is 26.2. The van der Waals surface area contributed by atoms with Crippen molar-refractivity contribution in [3.8, 4) is 0 Å². The molecule has 15 heteroatoms. The Labute approximate surface area is 571 Å². The first-order chi connectivity index (χ1) is 42.3. The Balaban J connectivity index is 0.000000251. The second-order valence-electron chi connectivity index (χ2n) is 32.4. The standard InChI is InChI=1S/C30H44O5.C22H36O5.C21H34O5.6CH4/c1-4-30(2,3)29(32)35-24-13-18-12-23(24)26-21-10-17(25(18)26)11-22(21)28(31)34-14-33-27-19-6-15-5-16(8-19)9-20(27)7-15;1-4-22(2,3)21(24)27-19-12-16-10-17(19)18(11-16)20(23)26-14-25-13-15-8-6-5-7-9-15;1-3-14(2)20(22)26-19-11-16-9-17(19)18(10-16)21(23)25-13-24-12-15-7-5-4-6-8-15;;;;;;/h15-27H,4-14H2,1-3H3;15-19H,4-14H2,1-3H3;14-19H,3-13H2,1-2H3;6*1H4. The van der Waals surface area contributed by atoms with Crippen LogP contribution in [0.3, 0.4) is 0 Å². The van der Waals surface area contributed by atoms with Crippen LogP contribution in [0.4, 0.5) is 0 Å². The molecular weight excluding hydrogens is 1190 g/mol. The largest absolute Gasteiger partial charge is 0.462 e. The van der Waals surface area contributed by atoms with Gasteiger partial charge in [-0.2, -0.15) is 0 Å². The molecule has 544 valence electrons. The fraction of sp³-hybridized carbons (Fsp3) is 0.924. The Morgan fingerprint density at radius 1 is 0.404 bits per heavy atom. The summed E-state index contributed by atoms with van der Waals surface area (Å²) >= 11 is 0. The quantitative estimate of drug-likeness (QED) is 0.0309. The lowest BCUT2D eigenvalue weighted by atomic mass is 9.55. The van der Waals surface area contributed by atoms with E-state index in [9.17, 15) is 28.8 Å². The van der Waals surface area contributed by atoms with Crippen LogP contribution in [0, 0.1) is 129 Å². The minimum atomic E-state index is -0.467. The van der Waals surface area contributed by atoms with Gasteiger partial charge in [-0.25, -0.2) is 0 Å². The summed E-state index contributed by atoms with van der Waals surface area (Å²) in [6.45, 7) is 17.4. The van der Waals surface area contributed by atoms with Crippen molar-refractivity contribution in [2.24, 2.45) is 129 Å². The minimum absolute atomic E-state index is 0. The summed E-state index contributed by atoms with van der Waals surface area (Å²) in [5.41, 5.74) is -0.885. The summed E-state index contributed by atoms with van der Waals surface area (Å²) in [6, 6.07) is 0. The van der Waals surface area contributed by atoms with Crippen molar-refractivity contribution in [3.63, 3.8) is 0 Å². The molecule has 12 bridgehead atoms. The van der Waals surface area contributed by atoms with Gasteiger partial charge in [-0.05, 0) is 252 Å². The maximum atomic E-state index is 13.2. The van der Waals surface area contributed by atoms with Crippen LogP contribution in [0.25, 0.3) is 0 Å². The molecule has 0 aromatic rings. The van der Waals surface area contributed by atoms with Crippen LogP contribution in [-0.4, -0.2) is 93.8 Å². The molecule has 0 radical (unpaired) electrons. The molecule has 14 aliphatic carbocycles. The Morgan fingerprint density at radius 2 is 0.809 bits per heavy atom. The highest BCUT2D eigenvalue weighted by atomic mass is 16.7. The van der Waals surface area contributed by atoms with Crippen molar-refractivity contribution in [2.45, 2.75) is 304 Å². The van der Waals surface area contributed by atoms with Gasteiger partial charge in [0, 0.05) is 11.8 Å². The molecule has 0 aliphatic heterocycles. The van der Waals surface area contributed by atoms with E-state index < -0.39 is 10.8 Å². The molecule has 17 atom stereocenters. The maximum absolute atomic E-state index is 13.2. The van der Waals surface area contributed by atoms with E-state index in [0.717, 1.165) is 88.4 Å². The molecule has 0 spiro atoms. The first kappa shape index (κ1) is 81.4. The molecule has 14 rings (SSSR count). The first-order valence-electron chi connectivity index (χ1n) is 36.2. The van der Waals surface area contributed by atoms with Crippen LogP contribution >= 0.6 is 0 Å². The summed E-state index contributed by atoms with van der Waals surface area (Å²) in [4.78, 5) is 75.5. The number of hydrogen-bond donors (Lipinski definition) is 0. The fourth-order valence-electron chi connectivity index (χ4n) is 20.6. The van der Waals surface area contributed by atoms with E-state index in [-0.39, 0.29) is 155 Å². The van der Waals surface area contributed by atoms with Gasteiger partial charge < -0.3 is 42.6 Å². The number of esters is 6. The summed E-state index contributed by atoms with van der Waals surface area (Å²) < 4.78 is 51.7. The van der Waals surface area contributed by atoms with Crippen LogP contribution in [0.15, 0.2) is 0 Å². The van der Waals surface area contributed by atoms with Gasteiger partial charge in [-0.1, -0.05) is 111 Å². The number of carbonyl (C=O) groups is 6. The Bertz CT molecular complexity index is 2360. The van der Waals surface area contributed by atoms with E-state index in [1.165, 1.54) is 109 Å². The normalized spacial score (nSPS) is 36.7. The molecule has 0 saturated heterocycles. The van der Waals surface area contributed by atoms with Crippen LogP contribution in [0.5, 0.6) is 0 Å². The molecule has 94 heavy (non-hydrogen) atoms. The predicted octanol–water partition coefficient (Wildman–Crippen LogP) is 18.0. The Morgan fingerprint density at radius 3 is 1.26 bits per heavy atom. The summed E-state index contributed by atoms with van der Waals surface area (Å²) in [5, 5.41) is 0. The molecule has 14 fully saturated rings. The molecule has 15 nitrogen and oxygen atoms in total. The van der Waals surface area contributed by atoms with Crippen LogP contribution in [-0.2, 0) is 71.4 Å². The lowest BCUT2D eigenvalue weighted by Crippen LogP contribution is -2.49. The van der Waals surface area contributed by atoms with Gasteiger partial charge in [-0.3, -0.25) is 28.8 Å². The second-order valence-corrected chi connectivity index (χ2v) is 32.4. The van der Waals surface area contributed by atoms with Gasteiger partial charge in [-0.15, -0.1) is 0 Å². The van der Waals surface area contributed by atoms with Crippen molar-refractivity contribution < 1.29 is 71.4 Å². The molecule has 0 heterocycles. The van der Waals surface area contributed by atoms with E-state index >= 15 is 0 Å². The molecular formula is C79H138O15. The monoisotopic (exact) mass is 1330 g/mol. The van der Waals surface area contributed by atoms with E-state index in [2.05, 4.69) is 6.92 Å². The Kier molecular flexibility index (Phi) is 30.9. The van der Waals surface area contributed by atoms with Gasteiger partial charge in [0.1, 0.15) is 18.3 Å². The zero-order chi connectivity index (χ0) is 62.0. The fourth-order valence-corrected chi connectivity index (χ4v) is 20.6. The number of hydrogen-bond acceptors (Lipinski definition) is 15. The lowest BCUT2D eigenvalue weighted by molar-refractivity contribution is -0.192. The highest BCUT2D eigenvalue weighted by Gasteiger charge is 2.67. The maximum Gasteiger partial charge on any atom is 0.311 e. The second kappa shape index (κ2) is 35.6. The SMILES string of the molecule is C.C.C.C.C.C.CCC(C)(C)C(=O)OC1CC2CC(C(=O)OCOCC3CCCCC3)C1C2.CCC(C)(C)C(=O)OC1CC2CC1C1C3CC(CC3C(=O)OCOC3C4CC5CC(C4)CC3C5)C21.CCC(C)C(=O)OC1CC2CC(C(=O)OCOCC3CCCCC3)C1C2. The number of ether oxygens (including phenoxy) is 9. The minimum Gasteiger partial charge on any atom is -0.462 e. The number of carbonyl (C=O) groups excluding carboxylic acids is 6. The summed E-state index contributed by atoms with van der Waals surface area (Å²) in [6.07, 6.45) is 31.7. The zero-order valence-corrected chi connectivity index (χ0v) is 55.3. The van der Waals surface area contributed by atoms with Crippen molar-refractivity contribution in [3.05, 3.63) is 0 Å². The van der Waals surface area contributed by atoms with Crippen molar-refractivity contribution in [1.29, 1.82) is 0 Å². The van der Waals surface area contributed by atoms with Gasteiger partial charge in [0.05, 0.1) is 53.8 Å². The van der Waals surface area contributed by atoms with Gasteiger partial charge in [0.15, 0.2) is 20.4 Å². The van der Waals surface area contributed by atoms with Crippen LogP contribution < -0.4 is 0 Å². The van der Waals surface area contributed by atoms with Crippen molar-refractivity contribution in [1.82, 2.24) is 0 Å². The molecule has 0 amide bonds. The smallest absolute Gasteiger partial charge is 0.311 e. The van der Waals surface area contributed by atoms with Crippen molar-refractivity contribution >= 4 is 35.8 Å². The Hall–Kier alpha value is -3.30. The molecule has 14 aliphatic rings. The first-order valence-corrected chi connectivity index (χ1v) is 36.2. The van der Waals surface area contributed by atoms with Gasteiger partial charge in [0.25, 0.3) is 0 Å². The molecule has 0 N–H and O–H groups in total. The highest BCUT2D eigenvalue weighted by molar-refractivity contribution is 5.78. The number of rotatable bonds is 23. The van der Waals surface area contributed by atoms with Crippen LogP contribution in [0.2, 0.25) is 0 Å². The summed E-state index contributed by atoms with van der Waals surface area (Å²) in [5.74, 6) is 8.10. The molecule has 14 saturated carbocycles. The highest BCUT2D eigenvalue weighted by Crippen LogP contribution is 2.69. The van der Waals surface area contributed by atoms with E-state index in [0.29, 0.717) is 84.4 Å².